The number of aromatic nitrogens is 3. The number of pyridine rings is 1. The highest BCUT2D eigenvalue weighted by Gasteiger charge is 2.24. The van der Waals surface area contributed by atoms with Crippen LogP contribution in [0.2, 0.25) is 0 Å². The van der Waals surface area contributed by atoms with Crippen LogP contribution in [0.25, 0.3) is 10.9 Å². The molecule has 1 N–H and O–H groups in total. The molecule has 2 aromatic heterocycles. The van der Waals surface area contributed by atoms with Gasteiger partial charge in [0.05, 0.1) is 11.1 Å². The number of carbonyl (C=O) groups is 1. The zero-order chi connectivity index (χ0) is 18.8. The lowest BCUT2D eigenvalue weighted by Crippen LogP contribution is -2.48. The zero-order valence-electron chi connectivity index (χ0n) is 15.0. The first-order valence-electron chi connectivity index (χ1n) is 9.00. The molecule has 7 heteroatoms. The van der Waals surface area contributed by atoms with Crippen molar-refractivity contribution in [2.45, 2.75) is 25.8 Å². The lowest BCUT2D eigenvalue weighted by atomic mass is 10.0. The van der Waals surface area contributed by atoms with Gasteiger partial charge in [0.25, 0.3) is 5.91 Å². The molecule has 0 aliphatic carbocycles. The molecule has 4 rings (SSSR count). The molecule has 1 saturated heterocycles. The van der Waals surface area contributed by atoms with Gasteiger partial charge < -0.3 is 10.2 Å². The first-order valence-corrected chi connectivity index (χ1v) is 9.00. The molecule has 0 radical (unpaired) electrons. The first kappa shape index (κ1) is 17.3. The zero-order valence-corrected chi connectivity index (χ0v) is 15.0. The molecule has 1 fully saturated rings. The van der Waals surface area contributed by atoms with Gasteiger partial charge in [-0.25, -0.2) is 14.4 Å². The number of hydrogen-bond donors (Lipinski definition) is 1. The molecule has 3 aromatic rings. The number of fused-ring (bicyclic) bond motifs is 1. The largest absolute Gasteiger partial charge is 0.348 e. The SMILES string of the molecule is Cc1cc(C(=O)NC2CCCN(c3ncccn3)C2)c2ccc(F)cc2n1. The summed E-state index contributed by atoms with van der Waals surface area (Å²) in [5.74, 6) is 0.146. The Labute approximate surface area is 156 Å². The predicted molar refractivity (Wildman–Crippen MR) is 101 cm³/mol. The molecule has 0 saturated carbocycles. The molecule has 1 aliphatic heterocycles. The van der Waals surface area contributed by atoms with Crippen LogP contribution in [-0.2, 0) is 0 Å². The maximum Gasteiger partial charge on any atom is 0.252 e. The molecule has 1 aromatic carbocycles. The van der Waals surface area contributed by atoms with Crippen molar-refractivity contribution in [1.29, 1.82) is 0 Å². The second-order valence-corrected chi connectivity index (χ2v) is 6.78. The van der Waals surface area contributed by atoms with Crippen molar-refractivity contribution >= 4 is 22.8 Å². The van der Waals surface area contributed by atoms with E-state index in [1.54, 1.807) is 37.5 Å². The van der Waals surface area contributed by atoms with Gasteiger partial charge in [-0.05, 0) is 44.0 Å². The van der Waals surface area contributed by atoms with Crippen LogP contribution >= 0.6 is 0 Å². The lowest BCUT2D eigenvalue weighted by Gasteiger charge is -2.33. The van der Waals surface area contributed by atoms with E-state index in [9.17, 15) is 9.18 Å². The van der Waals surface area contributed by atoms with Gasteiger partial charge in [-0.3, -0.25) is 9.78 Å². The van der Waals surface area contributed by atoms with Crippen LogP contribution in [0.1, 0.15) is 28.9 Å². The third kappa shape index (κ3) is 3.72. The van der Waals surface area contributed by atoms with Crippen LogP contribution in [0.5, 0.6) is 0 Å². The average molecular weight is 365 g/mol. The van der Waals surface area contributed by atoms with Crippen molar-refractivity contribution in [3.63, 3.8) is 0 Å². The predicted octanol–water partition coefficient (Wildman–Crippen LogP) is 2.87. The Balaban J connectivity index is 1.55. The minimum absolute atomic E-state index is 0.000902. The minimum Gasteiger partial charge on any atom is -0.348 e. The summed E-state index contributed by atoms with van der Waals surface area (Å²) in [6.07, 6.45) is 5.28. The number of anilines is 1. The molecule has 1 aliphatic rings. The van der Waals surface area contributed by atoms with E-state index in [0.29, 0.717) is 34.7 Å². The minimum atomic E-state index is -0.363. The summed E-state index contributed by atoms with van der Waals surface area (Å²) in [4.78, 5) is 27.9. The smallest absolute Gasteiger partial charge is 0.252 e. The van der Waals surface area contributed by atoms with E-state index in [-0.39, 0.29) is 17.8 Å². The number of amides is 1. The Morgan fingerprint density at radius 2 is 2.07 bits per heavy atom. The van der Waals surface area contributed by atoms with Crippen molar-refractivity contribution in [2.75, 3.05) is 18.0 Å². The van der Waals surface area contributed by atoms with Gasteiger partial charge in [-0.15, -0.1) is 0 Å². The molecule has 1 unspecified atom stereocenters. The molecular formula is C20H20FN5O. The molecule has 6 nitrogen and oxygen atoms in total. The van der Waals surface area contributed by atoms with E-state index in [1.165, 1.54) is 12.1 Å². The van der Waals surface area contributed by atoms with Crippen LogP contribution in [0.3, 0.4) is 0 Å². The molecule has 0 spiro atoms. The number of rotatable bonds is 3. The number of aryl methyl sites for hydroxylation is 1. The van der Waals surface area contributed by atoms with Gasteiger partial charge >= 0.3 is 0 Å². The molecular weight excluding hydrogens is 345 g/mol. The Hall–Kier alpha value is -3.09. The van der Waals surface area contributed by atoms with Gasteiger partial charge in [-0.1, -0.05) is 0 Å². The van der Waals surface area contributed by atoms with Gasteiger partial charge in [0.1, 0.15) is 5.82 Å². The van der Waals surface area contributed by atoms with E-state index in [0.717, 1.165) is 19.4 Å². The van der Waals surface area contributed by atoms with E-state index in [2.05, 4.69) is 25.2 Å². The molecule has 3 heterocycles. The Kier molecular flexibility index (Phi) is 4.66. The molecule has 138 valence electrons. The summed E-state index contributed by atoms with van der Waals surface area (Å²) in [5, 5.41) is 3.76. The average Bonchev–Trinajstić information content (AvgIpc) is 2.68. The fourth-order valence-corrected chi connectivity index (χ4v) is 3.52. The standard InChI is InChI=1S/C20H20FN5O/c1-13-10-17(16-6-5-14(21)11-18(16)24-13)19(27)25-15-4-2-9-26(12-15)20-22-7-3-8-23-20/h3,5-8,10-11,15H,2,4,9,12H2,1H3,(H,25,27). The summed E-state index contributed by atoms with van der Waals surface area (Å²) in [7, 11) is 0. The van der Waals surface area contributed by atoms with Crippen molar-refractivity contribution in [2.24, 2.45) is 0 Å². The fraction of sp³-hybridized carbons (Fsp3) is 0.300. The highest BCUT2D eigenvalue weighted by molar-refractivity contribution is 6.06. The van der Waals surface area contributed by atoms with E-state index in [4.69, 9.17) is 0 Å². The van der Waals surface area contributed by atoms with Gasteiger partial charge in [0, 0.05) is 48.7 Å². The number of carbonyl (C=O) groups excluding carboxylic acids is 1. The third-order valence-electron chi connectivity index (χ3n) is 4.74. The summed E-state index contributed by atoms with van der Waals surface area (Å²) in [6.45, 7) is 3.33. The normalized spacial score (nSPS) is 17.1. The second kappa shape index (κ2) is 7.26. The Bertz CT molecular complexity index is 974. The maximum absolute atomic E-state index is 13.5. The Morgan fingerprint density at radius 3 is 2.89 bits per heavy atom. The van der Waals surface area contributed by atoms with E-state index >= 15 is 0 Å². The number of hydrogen-bond acceptors (Lipinski definition) is 5. The summed E-state index contributed by atoms with van der Waals surface area (Å²) in [5.41, 5.74) is 1.69. The number of piperidine rings is 1. The van der Waals surface area contributed by atoms with Crippen LogP contribution in [-0.4, -0.2) is 40.0 Å². The summed E-state index contributed by atoms with van der Waals surface area (Å²) >= 11 is 0. The van der Waals surface area contributed by atoms with Crippen molar-refractivity contribution in [1.82, 2.24) is 20.3 Å². The quantitative estimate of drug-likeness (QED) is 0.773. The van der Waals surface area contributed by atoms with Crippen molar-refractivity contribution in [3.8, 4) is 0 Å². The summed E-state index contributed by atoms with van der Waals surface area (Å²) in [6, 6.07) is 7.85. The monoisotopic (exact) mass is 365 g/mol. The summed E-state index contributed by atoms with van der Waals surface area (Å²) < 4.78 is 13.5. The Morgan fingerprint density at radius 1 is 1.26 bits per heavy atom. The highest BCUT2D eigenvalue weighted by atomic mass is 19.1. The number of nitrogens with zero attached hydrogens (tertiary/aromatic N) is 4. The third-order valence-corrected chi connectivity index (χ3v) is 4.74. The lowest BCUT2D eigenvalue weighted by molar-refractivity contribution is 0.0934. The van der Waals surface area contributed by atoms with Crippen LogP contribution in [0.4, 0.5) is 10.3 Å². The molecule has 0 bridgehead atoms. The van der Waals surface area contributed by atoms with Crippen LogP contribution < -0.4 is 10.2 Å². The van der Waals surface area contributed by atoms with Crippen molar-refractivity contribution < 1.29 is 9.18 Å². The fourth-order valence-electron chi connectivity index (χ4n) is 3.52. The van der Waals surface area contributed by atoms with E-state index < -0.39 is 0 Å². The second-order valence-electron chi connectivity index (χ2n) is 6.78. The van der Waals surface area contributed by atoms with Crippen LogP contribution in [0, 0.1) is 12.7 Å². The van der Waals surface area contributed by atoms with Gasteiger partial charge in [0.15, 0.2) is 0 Å². The first-order chi connectivity index (χ1) is 13.1. The maximum atomic E-state index is 13.5. The van der Waals surface area contributed by atoms with Gasteiger partial charge in [-0.2, -0.15) is 0 Å². The van der Waals surface area contributed by atoms with Crippen molar-refractivity contribution in [3.05, 3.63) is 59.8 Å². The topological polar surface area (TPSA) is 71.0 Å². The number of halogens is 1. The van der Waals surface area contributed by atoms with E-state index in [1.807, 2.05) is 0 Å². The number of nitrogens with one attached hydrogen (secondary N) is 1. The van der Waals surface area contributed by atoms with Gasteiger partial charge in [0.2, 0.25) is 5.95 Å². The molecule has 1 amide bonds. The van der Waals surface area contributed by atoms with Crippen LogP contribution in [0.15, 0.2) is 42.7 Å². The number of benzene rings is 1. The molecule has 1 atom stereocenters. The highest BCUT2D eigenvalue weighted by Crippen LogP contribution is 2.21. The molecule has 27 heavy (non-hydrogen) atoms.